The van der Waals surface area contributed by atoms with E-state index in [0.29, 0.717) is 6.04 Å². The zero-order chi connectivity index (χ0) is 13.4. The van der Waals surface area contributed by atoms with Crippen molar-refractivity contribution < 1.29 is 0 Å². The topological polar surface area (TPSA) is 12.0 Å². The van der Waals surface area contributed by atoms with Gasteiger partial charge in [0.2, 0.25) is 0 Å². The lowest BCUT2D eigenvalue weighted by molar-refractivity contribution is 0.658. The van der Waals surface area contributed by atoms with E-state index >= 15 is 0 Å². The molecule has 0 heterocycles. The van der Waals surface area contributed by atoms with Gasteiger partial charge >= 0.3 is 0 Å². The smallest absolute Gasteiger partial charge is 0.0505 e. The number of allylic oxidation sites excluding steroid dienone is 1. The fraction of sp³-hybridized carbons (Fsp3) is 0.294. The van der Waals surface area contributed by atoms with E-state index in [1.54, 1.807) is 6.20 Å². The van der Waals surface area contributed by atoms with Crippen molar-refractivity contribution in [3.8, 4) is 0 Å². The van der Waals surface area contributed by atoms with Crippen LogP contribution in [-0.4, -0.2) is 6.04 Å². The van der Waals surface area contributed by atoms with E-state index in [2.05, 4.69) is 62.7 Å². The monoisotopic (exact) mass is 241 g/mol. The van der Waals surface area contributed by atoms with Crippen LogP contribution in [0.1, 0.15) is 31.4 Å². The van der Waals surface area contributed by atoms with Crippen molar-refractivity contribution in [1.82, 2.24) is 5.32 Å². The minimum absolute atomic E-state index is 0.331. The van der Waals surface area contributed by atoms with Gasteiger partial charge in [-0.15, -0.1) is 0 Å². The zero-order valence-corrected chi connectivity index (χ0v) is 11.4. The average Bonchev–Trinajstić information content (AvgIpc) is 2.39. The number of hydrogen-bond acceptors (Lipinski definition) is 1. The summed E-state index contributed by atoms with van der Waals surface area (Å²) in [6, 6.07) is 8.86. The van der Waals surface area contributed by atoms with Gasteiger partial charge in [0, 0.05) is 0 Å². The van der Waals surface area contributed by atoms with Crippen molar-refractivity contribution >= 4 is 6.08 Å². The van der Waals surface area contributed by atoms with Gasteiger partial charge in [-0.2, -0.15) is 0 Å². The summed E-state index contributed by atoms with van der Waals surface area (Å²) < 4.78 is 0. The maximum Gasteiger partial charge on any atom is 0.0505 e. The van der Waals surface area contributed by atoms with Gasteiger partial charge in [0.1, 0.15) is 0 Å². The van der Waals surface area contributed by atoms with Gasteiger partial charge in [0.05, 0.1) is 6.04 Å². The first-order chi connectivity index (χ1) is 8.71. The molecular weight excluding hydrogens is 218 g/mol. The van der Waals surface area contributed by atoms with Gasteiger partial charge in [0.15, 0.2) is 0 Å². The maximum atomic E-state index is 3.77. The molecule has 0 aliphatic carbocycles. The highest BCUT2D eigenvalue weighted by molar-refractivity contribution is 5.47. The van der Waals surface area contributed by atoms with Crippen molar-refractivity contribution in [2.45, 2.75) is 32.7 Å². The Morgan fingerprint density at radius 3 is 2.44 bits per heavy atom. The Balaban J connectivity index is 2.78. The molecule has 0 aliphatic heterocycles. The van der Waals surface area contributed by atoms with Crippen LogP contribution in [-0.2, 0) is 6.42 Å². The summed E-state index contributed by atoms with van der Waals surface area (Å²) in [5, 5.41) is 3.32. The summed E-state index contributed by atoms with van der Waals surface area (Å²) in [5.74, 6) is 0. The van der Waals surface area contributed by atoms with Crippen LogP contribution in [0, 0.1) is 0 Å². The van der Waals surface area contributed by atoms with E-state index in [4.69, 9.17) is 0 Å². The predicted octanol–water partition coefficient (Wildman–Crippen LogP) is 4.33. The Hall–Kier alpha value is -1.76. The lowest BCUT2D eigenvalue weighted by Crippen LogP contribution is -2.27. The predicted molar refractivity (Wildman–Crippen MR) is 81.4 cm³/mol. The summed E-state index contributed by atoms with van der Waals surface area (Å²) in [4.78, 5) is 0. The standard InChI is InChI=1S/C17H23N/c1-5-8-14(4)17(18-7-3)13-16-11-9-15(6-2)10-12-16/h6-12,17-18H,2-3,5,13H2,1,4H3. The first-order valence-electron chi connectivity index (χ1n) is 6.46. The fourth-order valence-electron chi connectivity index (χ4n) is 1.98. The van der Waals surface area contributed by atoms with E-state index in [0.717, 1.165) is 18.4 Å². The van der Waals surface area contributed by atoms with E-state index < -0.39 is 0 Å². The van der Waals surface area contributed by atoms with Crippen molar-refractivity contribution in [3.05, 3.63) is 66.4 Å². The Morgan fingerprint density at radius 2 is 1.94 bits per heavy atom. The molecule has 1 nitrogen and oxygen atoms in total. The molecule has 0 aliphatic rings. The first-order valence-corrected chi connectivity index (χ1v) is 6.46. The van der Waals surface area contributed by atoms with Crippen molar-refractivity contribution in [1.29, 1.82) is 0 Å². The van der Waals surface area contributed by atoms with Gasteiger partial charge in [-0.25, -0.2) is 0 Å². The molecule has 1 heteroatoms. The van der Waals surface area contributed by atoms with Crippen LogP contribution in [0.2, 0.25) is 0 Å². The van der Waals surface area contributed by atoms with Gasteiger partial charge in [-0.1, -0.05) is 62.1 Å². The Bertz CT molecular complexity index is 412. The molecule has 0 spiro atoms. The molecule has 1 aromatic rings. The SMILES string of the molecule is C=CNC(Cc1ccc(C=C)cc1)C(C)=CCC. The van der Waals surface area contributed by atoms with E-state index in [9.17, 15) is 0 Å². The van der Waals surface area contributed by atoms with Crippen molar-refractivity contribution in [2.24, 2.45) is 0 Å². The van der Waals surface area contributed by atoms with Gasteiger partial charge in [-0.05, 0) is 37.1 Å². The largest absolute Gasteiger partial charge is 0.385 e. The first kappa shape index (κ1) is 14.3. The number of benzene rings is 1. The molecular formula is C17H23N. The lowest BCUT2D eigenvalue weighted by Gasteiger charge is -2.18. The highest BCUT2D eigenvalue weighted by Crippen LogP contribution is 2.12. The molecule has 1 N–H and O–H groups in total. The van der Waals surface area contributed by atoms with Gasteiger partial charge in [0.25, 0.3) is 0 Å². The minimum atomic E-state index is 0.331. The maximum absolute atomic E-state index is 3.77. The van der Waals surface area contributed by atoms with E-state index in [-0.39, 0.29) is 0 Å². The Labute approximate surface area is 111 Å². The second kappa shape index (κ2) is 7.54. The molecule has 0 radical (unpaired) electrons. The van der Waals surface area contributed by atoms with Crippen LogP contribution in [0.5, 0.6) is 0 Å². The normalized spacial score (nSPS) is 12.9. The summed E-state index contributed by atoms with van der Waals surface area (Å²) in [7, 11) is 0. The Morgan fingerprint density at radius 1 is 1.28 bits per heavy atom. The van der Waals surface area contributed by atoms with Crippen molar-refractivity contribution in [3.63, 3.8) is 0 Å². The van der Waals surface area contributed by atoms with Gasteiger partial charge in [-0.3, -0.25) is 0 Å². The molecule has 0 bridgehead atoms. The minimum Gasteiger partial charge on any atom is -0.385 e. The Kier molecular flexibility index (Phi) is 5.99. The van der Waals surface area contributed by atoms with E-state index in [1.807, 2.05) is 6.08 Å². The summed E-state index contributed by atoms with van der Waals surface area (Å²) in [6.07, 6.45) is 7.95. The van der Waals surface area contributed by atoms with E-state index in [1.165, 1.54) is 11.1 Å². The number of hydrogen-bond donors (Lipinski definition) is 1. The molecule has 0 saturated heterocycles. The molecule has 1 rings (SSSR count). The summed E-state index contributed by atoms with van der Waals surface area (Å²) in [5.41, 5.74) is 3.85. The molecule has 1 aromatic carbocycles. The van der Waals surface area contributed by atoms with Crippen LogP contribution >= 0.6 is 0 Å². The van der Waals surface area contributed by atoms with Gasteiger partial charge < -0.3 is 5.32 Å². The molecule has 0 saturated carbocycles. The van der Waals surface area contributed by atoms with Crippen LogP contribution in [0.15, 0.2) is 55.3 Å². The van der Waals surface area contributed by atoms with Crippen LogP contribution < -0.4 is 5.32 Å². The number of nitrogens with one attached hydrogen (secondary N) is 1. The highest BCUT2D eigenvalue weighted by atomic mass is 14.9. The second-order valence-electron chi connectivity index (χ2n) is 4.43. The molecule has 1 unspecified atom stereocenters. The molecule has 96 valence electrons. The molecule has 1 atom stereocenters. The lowest BCUT2D eigenvalue weighted by atomic mass is 9.98. The zero-order valence-electron chi connectivity index (χ0n) is 11.4. The fourth-order valence-corrected chi connectivity index (χ4v) is 1.98. The number of rotatable bonds is 7. The second-order valence-corrected chi connectivity index (χ2v) is 4.43. The third-order valence-electron chi connectivity index (χ3n) is 3.05. The summed E-state index contributed by atoms with van der Waals surface area (Å²) in [6.45, 7) is 11.9. The molecule has 0 amide bonds. The molecule has 0 aromatic heterocycles. The average molecular weight is 241 g/mol. The quantitative estimate of drug-likeness (QED) is 0.701. The molecule has 0 fully saturated rings. The van der Waals surface area contributed by atoms with Crippen LogP contribution in [0.25, 0.3) is 6.08 Å². The molecule has 18 heavy (non-hydrogen) atoms. The van der Waals surface area contributed by atoms with Crippen LogP contribution in [0.4, 0.5) is 0 Å². The van der Waals surface area contributed by atoms with Crippen LogP contribution in [0.3, 0.4) is 0 Å². The summed E-state index contributed by atoms with van der Waals surface area (Å²) >= 11 is 0. The third-order valence-corrected chi connectivity index (χ3v) is 3.05. The highest BCUT2D eigenvalue weighted by Gasteiger charge is 2.09. The third kappa shape index (κ3) is 4.25. The van der Waals surface area contributed by atoms with Crippen molar-refractivity contribution in [2.75, 3.05) is 0 Å².